The molecule has 0 rings (SSSR count). The lowest BCUT2D eigenvalue weighted by Gasteiger charge is -2.25. The highest BCUT2D eigenvalue weighted by atomic mass is 35.5. The Hall–Kier alpha value is 0.160. The number of likely N-dealkylation sites (N-methyl/N-ethyl adjacent to an activating group) is 1. The summed E-state index contributed by atoms with van der Waals surface area (Å²) in [6.45, 7) is 0.221. The molecule has 0 aliphatic heterocycles. The maximum Gasteiger partial charge on any atom is 0.204 e. The molecule has 0 amide bonds. The molecular weight excluding hydrogens is 202 g/mol. The van der Waals surface area contributed by atoms with E-state index >= 15 is 0 Å². The molecule has 1 unspecified atom stereocenters. The first kappa shape index (κ1) is 14.7. The molecule has 0 aliphatic carbocycles. The van der Waals surface area contributed by atoms with E-state index in [0.29, 0.717) is 4.48 Å². The van der Waals surface area contributed by atoms with Crippen molar-refractivity contribution in [3.63, 3.8) is 0 Å². The number of hydrogen-bond acceptors (Lipinski definition) is 3. The summed E-state index contributed by atoms with van der Waals surface area (Å²) in [7, 11) is 2.19. The second kappa shape index (κ2) is 4.41. The van der Waals surface area contributed by atoms with Crippen LogP contribution < -0.4 is 12.4 Å². The van der Waals surface area contributed by atoms with Crippen molar-refractivity contribution in [3.8, 4) is 0 Å². The van der Waals surface area contributed by atoms with Crippen LogP contribution in [0.5, 0.6) is 0 Å². The van der Waals surface area contributed by atoms with Gasteiger partial charge in [0.1, 0.15) is 6.54 Å². The van der Waals surface area contributed by atoms with Crippen molar-refractivity contribution >= 4 is 9.84 Å². The summed E-state index contributed by atoms with van der Waals surface area (Å²) < 4.78 is 21.9. The van der Waals surface area contributed by atoms with Gasteiger partial charge in [-0.1, -0.05) is 0 Å². The van der Waals surface area contributed by atoms with Crippen LogP contribution in [-0.2, 0) is 9.84 Å². The fourth-order valence-corrected chi connectivity index (χ4v) is 1.32. The minimum Gasteiger partial charge on any atom is -1.00 e. The Morgan fingerprint density at radius 2 is 1.67 bits per heavy atom. The van der Waals surface area contributed by atoms with E-state index in [1.165, 1.54) is 0 Å². The number of rotatable bonds is 3. The van der Waals surface area contributed by atoms with Crippen LogP contribution in [0.25, 0.3) is 0 Å². The van der Waals surface area contributed by atoms with Gasteiger partial charge in [0.2, 0.25) is 5.44 Å². The number of nitrogens with zero attached hydrogens (tertiary/aromatic N) is 1. The third-order valence-corrected chi connectivity index (χ3v) is 2.34. The summed E-state index contributed by atoms with van der Waals surface area (Å²) in [6.07, 6.45) is 1.04. The van der Waals surface area contributed by atoms with Gasteiger partial charge >= 0.3 is 0 Å². The number of quaternary nitrogens is 1. The Labute approximate surface area is 80.1 Å². The van der Waals surface area contributed by atoms with Crippen LogP contribution in [0.1, 0.15) is 0 Å². The molecule has 0 fully saturated rings. The molecule has 0 aliphatic rings. The smallest absolute Gasteiger partial charge is 0.204 e. The first-order chi connectivity index (χ1) is 4.63. The Bertz CT molecular complexity index is 219. The van der Waals surface area contributed by atoms with Crippen LogP contribution in [0.4, 0.5) is 0 Å². The van der Waals surface area contributed by atoms with Gasteiger partial charge < -0.3 is 22.0 Å². The maximum atomic E-state index is 10.7. The summed E-state index contributed by atoms with van der Waals surface area (Å²) in [5.74, 6) is 0. The van der Waals surface area contributed by atoms with E-state index in [2.05, 4.69) is 0 Å². The molecule has 0 saturated heterocycles. The van der Waals surface area contributed by atoms with Crippen LogP contribution in [0.2, 0.25) is 0 Å². The summed E-state index contributed by atoms with van der Waals surface area (Å²) >= 11 is 0. The van der Waals surface area contributed by atoms with Crippen LogP contribution in [0.15, 0.2) is 0 Å². The van der Waals surface area contributed by atoms with Crippen molar-refractivity contribution in [2.45, 2.75) is 5.44 Å². The summed E-state index contributed by atoms with van der Waals surface area (Å²) in [4.78, 5) is 0. The SMILES string of the molecule is C[N+](C)(C)CC(O)S(C)(=O)=O.[Cl-]. The number of aliphatic hydroxyl groups is 1. The summed E-state index contributed by atoms with van der Waals surface area (Å²) in [5, 5.41) is 9.12. The summed E-state index contributed by atoms with van der Waals surface area (Å²) in [5.41, 5.74) is -1.25. The second-order valence-corrected chi connectivity index (χ2v) is 5.96. The lowest BCUT2D eigenvalue weighted by molar-refractivity contribution is -0.871. The average Bonchev–Trinajstić information content (AvgIpc) is 1.56. The highest BCUT2D eigenvalue weighted by Crippen LogP contribution is 2.00. The van der Waals surface area contributed by atoms with E-state index in [4.69, 9.17) is 5.11 Å². The number of hydrogen-bond donors (Lipinski definition) is 1. The van der Waals surface area contributed by atoms with E-state index < -0.39 is 15.3 Å². The van der Waals surface area contributed by atoms with Crippen LogP contribution in [0.3, 0.4) is 0 Å². The molecule has 0 radical (unpaired) electrons. The van der Waals surface area contributed by atoms with E-state index in [1.54, 1.807) is 0 Å². The Kier molecular flexibility index (Phi) is 5.39. The third kappa shape index (κ3) is 6.84. The van der Waals surface area contributed by atoms with Gasteiger partial charge in [-0.25, -0.2) is 8.42 Å². The molecule has 0 spiro atoms. The molecule has 0 heterocycles. The number of aliphatic hydroxyl groups excluding tert-OH is 1. The van der Waals surface area contributed by atoms with Gasteiger partial charge in [-0.3, -0.25) is 0 Å². The third-order valence-electron chi connectivity index (χ3n) is 1.20. The van der Waals surface area contributed by atoms with E-state index in [0.717, 1.165) is 6.26 Å². The monoisotopic (exact) mass is 217 g/mol. The normalized spacial score (nSPS) is 15.1. The predicted molar refractivity (Wildman–Crippen MR) is 43.8 cm³/mol. The topological polar surface area (TPSA) is 54.4 Å². The van der Waals surface area contributed by atoms with E-state index in [1.807, 2.05) is 21.1 Å². The average molecular weight is 218 g/mol. The zero-order chi connectivity index (χ0) is 9.28. The molecule has 12 heavy (non-hydrogen) atoms. The van der Waals surface area contributed by atoms with Gasteiger partial charge in [0.05, 0.1) is 21.1 Å². The van der Waals surface area contributed by atoms with Gasteiger partial charge in [-0.2, -0.15) is 0 Å². The highest BCUT2D eigenvalue weighted by molar-refractivity contribution is 7.91. The van der Waals surface area contributed by atoms with Crippen molar-refractivity contribution < 1.29 is 30.4 Å². The second-order valence-electron chi connectivity index (χ2n) is 3.76. The zero-order valence-electron chi connectivity index (χ0n) is 7.78. The zero-order valence-corrected chi connectivity index (χ0v) is 9.35. The Balaban J connectivity index is 0. The largest absolute Gasteiger partial charge is 1.00 e. The molecule has 76 valence electrons. The molecule has 6 heteroatoms. The van der Waals surface area contributed by atoms with Crippen LogP contribution in [-0.4, -0.2) is 57.4 Å². The molecule has 1 atom stereocenters. The van der Waals surface area contributed by atoms with Crippen LogP contribution >= 0.6 is 0 Å². The Morgan fingerprint density at radius 3 is 1.75 bits per heavy atom. The van der Waals surface area contributed by atoms with Gasteiger partial charge in [0.25, 0.3) is 0 Å². The van der Waals surface area contributed by atoms with Crippen molar-refractivity contribution in [2.24, 2.45) is 0 Å². The molecule has 1 N–H and O–H groups in total. The first-order valence-electron chi connectivity index (χ1n) is 3.30. The molecule has 0 aromatic rings. The predicted octanol–water partition coefficient (Wildman–Crippen LogP) is -3.94. The minimum atomic E-state index is -3.30. The minimum absolute atomic E-state index is 0. The summed E-state index contributed by atoms with van der Waals surface area (Å²) in [6, 6.07) is 0. The van der Waals surface area contributed by atoms with Crippen molar-refractivity contribution in [2.75, 3.05) is 33.9 Å². The number of sulfone groups is 1. The van der Waals surface area contributed by atoms with Crippen LogP contribution in [0, 0.1) is 0 Å². The standard InChI is InChI=1S/C6H16NO3S.ClH/c1-7(2,3)5-6(8)11(4,9)10;/h6,8H,5H2,1-4H3;1H/q+1;/p-1. The maximum absolute atomic E-state index is 10.7. The Morgan fingerprint density at radius 1 is 1.33 bits per heavy atom. The van der Waals surface area contributed by atoms with Gasteiger partial charge in [0.15, 0.2) is 9.84 Å². The van der Waals surface area contributed by atoms with E-state index in [-0.39, 0.29) is 19.0 Å². The fourth-order valence-electron chi connectivity index (χ4n) is 0.604. The molecule has 0 aromatic carbocycles. The molecule has 0 bridgehead atoms. The van der Waals surface area contributed by atoms with Crippen molar-refractivity contribution in [1.29, 1.82) is 0 Å². The molecule has 0 saturated carbocycles. The van der Waals surface area contributed by atoms with E-state index in [9.17, 15) is 8.42 Å². The van der Waals surface area contributed by atoms with Gasteiger partial charge in [0, 0.05) is 6.26 Å². The molecular formula is C6H16ClNO3S. The highest BCUT2D eigenvalue weighted by Gasteiger charge is 2.23. The molecule has 0 aromatic heterocycles. The quantitative estimate of drug-likeness (QED) is 0.492. The number of halogens is 1. The van der Waals surface area contributed by atoms with Crippen molar-refractivity contribution in [1.82, 2.24) is 0 Å². The fraction of sp³-hybridized carbons (Fsp3) is 1.00. The van der Waals surface area contributed by atoms with Crippen molar-refractivity contribution in [3.05, 3.63) is 0 Å². The lowest BCUT2D eigenvalue weighted by Crippen LogP contribution is -3.00. The molecule has 4 nitrogen and oxygen atoms in total. The first-order valence-corrected chi connectivity index (χ1v) is 5.26. The lowest BCUT2D eigenvalue weighted by atomic mass is 10.5. The van der Waals surface area contributed by atoms with Gasteiger partial charge in [-0.15, -0.1) is 0 Å². The van der Waals surface area contributed by atoms with Gasteiger partial charge in [-0.05, 0) is 0 Å².